The van der Waals surface area contributed by atoms with Crippen LogP contribution in [-0.4, -0.2) is 43.2 Å². The highest BCUT2D eigenvalue weighted by Crippen LogP contribution is 2.26. The van der Waals surface area contributed by atoms with Crippen molar-refractivity contribution in [2.45, 2.75) is 51.7 Å². The Kier molecular flexibility index (Phi) is 4.69. The Morgan fingerprint density at radius 1 is 1.00 bits per heavy atom. The van der Waals surface area contributed by atoms with Crippen LogP contribution in [0.2, 0.25) is 0 Å². The van der Waals surface area contributed by atoms with Crippen molar-refractivity contribution in [3.63, 3.8) is 0 Å². The lowest BCUT2D eigenvalue weighted by Crippen LogP contribution is -2.44. The molecule has 3 rings (SSSR count). The molecule has 0 saturated carbocycles. The Morgan fingerprint density at radius 2 is 1.76 bits per heavy atom. The van der Waals surface area contributed by atoms with Gasteiger partial charge in [0, 0.05) is 31.4 Å². The number of hydrogen-bond donors (Lipinski definition) is 0. The first-order chi connectivity index (χ1) is 10.2. The molecular formula is C18H28N2O. The molecule has 21 heavy (non-hydrogen) atoms. The first kappa shape index (κ1) is 14.7. The van der Waals surface area contributed by atoms with Crippen LogP contribution in [0.1, 0.15) is 39.5 Å². The van der Waals surface area contributed by atoms with Gasteiger partial charge < -0.3 is 9.64 Å². The number of anilines is 1. The molecule has 116 valence electrons. The second-order valence-corrected chi connectivity index (χ2v) is 6.65. The van der Waals surface area contributed by atoms with E-state index in [0.29, 0.717) is 0 Å². The first-order valence-corrected chi connectivity index (χ1v) is 8.48. The van der Waals surface area contributed by atoms with Crippen LogP contribution < -0.4 is 9.64 Å². The van der Waals surface area contributed by atoms with E-state index < -0.39 is 0 Å². The first-order valence-electron chi connectivity index (χ1n) is 8.48. The van der Waals surface area contributed by atoms with Crippen molar-refractivity contribution in [2.24, 2.45) is 0 Å². The summed E-state index contributed by atoms with van der Waals surface area (Å²) in [4.78, 5) is 5.27. The Labute approximate surface area is 128 Å². The van der Waals surface area contributed by atoms with Crippen LogP contribution >= 0.6 is 0 Å². The van der Waals surface area contributed by atoms with Crippen molar-refractivity contribution in [1.82, 2.24) is 4.90 Å². The third kappa shape index (κ3) is 3.70. The number of benzene rings is 1. The SMILES string of the molecule is CC(C)Oc1ccc(N2CCCN3CCCCC3C2)cc1. The lowest BCUT2D eigenvalue weighted by atomic mass is 10.0. The summed E-state index contributed by atoms with van der Waals surface area (Å²) >= 11 is 0. The molecule has 1 unspecified atom stereocenters. The molecule has 1 aromatic rings. The van der Waals surface area contributed by atoms with Crippen molar-refractivity contribution in [1.29, 1.82) is 0 Å². The van der Waals surface area contributed by atoms with Crippen molar-refractivity contribution in [3.05, 3.63) is 24.3 Å². The van der Waals surface area contributed by atoms with Crippen LogP contribution in [0.4, 0.5) is 5.69 Å². The van der Waals surface area contributed by atoms with Crippen LogP contribution in [0.5, 0.6) is 5.75 Å². The van der Waals surface area contributed by atoms with E-state index in [4.69, 9.17) is 4.74 Å². The normalized spacial score (nSPS) is 23.8. The molecule has 2 saturated heterocycles. The molecule has 3 nitrogen and oxygen atoms in total. The molecule has 0 aliphatic carbocycles. The zero-order valence-electron chi connectivity index (χ0n) is 13.4. The van der Waals surface area contributed by atoms with Crippen molar-refractivity contribution < 1.29 is 4.74 Å². The van der Waals surface area contributed by atoms with Crippen LogP contribution in [0.3, 0.4) is 0 Å². The molecule has 0 amide bonds. The lowest BCUT2D eigenvalue weighted by Gasteiger charge is -2.35. The van der Waals surface area contributed by atoms with Gasteiger partial charge in [-0.2, -0.15) is 0 Å². The molecule has 3 heteroatoms. The van der Waals surface area contributed by atoms with Crippen molar-refractivity contribution in [3.8, 4) is 5.75 Å². The standard InChI is InChI=1S/C18H28N2O/c1-15(2)21-18-9-7-16(8-10-18)20-13-5-12-19-11-4-3-6-17(19)14-20/h7-10,15,17H,3-6,11-14H2,1-2H3. The van der Waals surface area contributed by atoms with E-state index in [-0.39, 0.29) is 6.10 Å². The molecule has 0 aromatic heterocycles. The van der Waals surface area contributed by atoms with Gasteiger partial charge in [-0.05, 0) is 63.9 Å². The summed E-state index contributed by atoms with van der Waals surface area (Å²) in [5, 5.41) is 0. The van der Waals surface area contributed by atoms with Gasteiger partial charge in [0.05, 0.1) is 6.10 Å². The zero-order chi connectivity index (χ0) is 14.7. The summed E-state index contributed by atoms with van der Waals surface area (Å²) in [5.41, 5.74) is 1.35. The second-order valence-electron chi connectivity index (χ2n) is 6.65. The van der Waals surface area contributed by atoms with Crippen molar-refractivity contribution in [2.75, 3.05) is 31.1 Å². The topological polar surface area (TPSA) is 15.7 Å². The number of hydrogen-bond acceptors (Lipinski definition) is 3. The smallest absolute Gasteiger partial charge is 0.119 e. The summed E-state index contributed by atoms with van der Waals surface area (Å²) < 4.78 is 5.74. The molecule has 1 atom stereocenters. The number of rotatable bonds is 3. The van der Waals surface area contributed by atoms with Crippen LogP contribution in [0.25, 0.3) is 0 Å². The largest absolute Gasteiger partial charge is 0.491 e. The number of ether oxygens (including phenoxy) is 1. The van der Waals surface area contributed by atoms with Crippen LogP contribution in [0, 0.1) is 0 Å². The molecule has 2 heterocycles. The summed E-state index contributed by atoms with van der Waals surface area (Å²) in [6.07, 6.45) is 5.67. The molecule has 2 aliphatic heterocycles. The van der Waals surface area contributed by atoms with E-state index in [1.54, 1.807) is 0 Å². The summed E-state index contributed by atoms with van der Waals surface area (Å²) in [5.74, 6) is 0.975. The van der Waals surface area contributed by atoms with Crippen LogP contribution in [-0.2, 0) is 0 Å². The van der Waals surface area contributed by atoms with Gasteiger partial charge in [0.1, 0.15) is 5.75 Å². The molecule has 1 aromatic carbocycles. The predicted octanol–water partition coefficient (Wildman–Crippen LogP) is 3.54. The van der Waals surface area contributed by atoms with Gasteiger partial charge in [0.15, 0.2) is 0 Å². The molecule has 0 bridgehead atoms. The quantitative estimate of drug-likeness (QED) is 0.846. The van der Waals surface area contributed by atoms with Gasteiger partial charge >= 0.3 is 0 Å². The van der Waals surface area contributed by atoms with Crippen LogP contribution in [0.15, 0.2) is 24.3 Å². The Morgan fingerprint density at radius 3 is 2.52 bits per heavy atom. The number of nitrogens with zero attached hydrogens (tertiary/aromatic N) is 2. The molecule has 2 aliphatic rings. The molecule has 0 spiro atoms. The lowest BCUT2D eigenvalue weighted by molar-refractivity contribution is 0.162. The Balaban J connectivity index is 1.67. The van der Waals surface area contributed by atoms with Crippen molar-refractivity contribution >= 4 is 5.69 Å². The molecule has 0 N–H and O–H groups in total. The highest BCUT2D eigenvalue weighted by Gasteiger charge is 2.27. The van der Waals surface area contributed by atoms with Gasteiger partial charge in [-0.3, -0.25) is 4.90 Å². The zero-order valence-corrected chi connectivity index (χ0v) is 13.4. The summed E-state index contributed by atoms with van der Waals surface area (Å²) in [6, 6.07) is 9.41. The van der Waals surface area contributed by atoms with Gasteiger partial charge in [-0.1, -0.05) is 6.42 Å². The van der Waals surface area contributed by atoms with Gasteiger partial charge in [-0.25, -0.2) is 0 Å². The monoisotopic (exact) mass is 288 g/mol. The highest BCUT2D eigenvalue weighted by atomic mass is 16.5. The fourth-order valence-corrected chi connectivity index (χ4v) is 3.61. The maximum Gasteiger partial charge on any atom is 0.119 e. The van der Waals surface area contributed by atoms with E-state index in [1.807, 2.05) is 0 Å². The third-order valence-corrected chi connectivity index (χ3v) is 4.63. The molecule has 2 fully saturated rings. The summed E-state index contributed by atoms with van der Waals surface area (Å²) in [7, 11) is 0. The van der Waals surface area contributed by atoms with Gasteiger partial charge in [0.25, 0.3) is 0 Å². The van der Waals surface area contributed by atoms with Gasteiger partial charge in [0.2, 0.25) is 0 Å². The van der Waals surface area contributed by atoms with E-state index in [2.05, 4.69) is 47.9 Å². The van der Waals surface area contributed by atoms with E-state index in [9.17, 15) is 0 Å². The predicted molar refractivity (Wildman–Crippen MR) is 88.2 cm³/mol. The third-order valence-electron chi connectivity index (χ3n) is 4.63. The fraction of sp³-hybridized carbons (Fsp3) is 0.667. The number of piperidine rings is 1. The molecular weight excluding hydrogens is 260 g/mol. The fourth-order valence-electron chi connectivity index (χ4n) is 3.61. The van der Waals surface area contributed by atoms with E-state index in [0.717, 1.165) is 11.8 Å². The maximum absolute atomic E-state index is 5.74. The maximum atomic E-state index is 5.74. The van der Waals surface area contributed by atoms with E-state index in [1.165, 1.54) is 57.5 Å². The Bertz CT molecular complexity index is 443. The van der Waals surface area contributed by atoms with E-state index >= 15 is 0 Å². The second kappa shape index (κ2) is 6.69. The average Bonchev–Trinajstić information content (AvgIpc) is 2.69. The minimum Gasteiger partial charge on any atom is -0.491 e. The Hall–Kier alpha value is -1.22. The minimum atomic E-state index is 0.241. The number of fused-ring (bicyclic) bond motifs is 1. The molecule has 0 radical (unpaired) electrons. The minimum absolute atomic E-state index is 0.241. The summed E-state index contributed by atoms with van der Waals surface area (Å²) in [6.45, 7) is 9.08. The highest BCUT2D eigenvalue weighted by molar-refractivity contribution is 5.49. The van der Waals surface area contributed by atoms with Gasteiger partial charge in [-0.15, -0.1) is 0 Å². The average molecular weight is 288 g/mol.